The minimum Gasteiger partial charge on any atom is -0.487 e. The number of hydrogen-bond acceptors (Lipinski definition) is 3. The number of ether oxygens (including phenoxy) is 1. The maximum absolute atomic E-state index is 14.6. The van der Waals surface area contributed by atoms with Crippen LogP contribution in [-0.4, -0.2) is 17.1 Å². The van der Waals surface area contributed by atoms with Crippen molar-refractivity contribution < 1.29 is 9.13 Å². The average molecular weight is 360 g/mol. The molecule has 4 nitrogen and oxygen atoms in total. The minimum atomic E-state index is -0.468. The fourth-order valence-corrected chi connectivity index (χ4v) is 4.47. The van der Waals surface area contributed by atoms with Crippen LogP contribution in [0.5, 0.6) is 5.75 Å². The summed E-state index contributed by atoms with van der Waals surface area (Å²) in [6.07, 6.45) is 7.41. The second-order valence-corrected chi connectivity index (χ2v) is 7.63. The van der Waals surface area contributed by atoms with Crippen molar-refractivity contribution >= 4 is 10.8 Å². The van der Waals surface area contributed by atoms with Gasteiger partial charge in [-0.25, -0.2) is 4.39 Å². The molecule has 0 radical (unpaired) electrons. The Labute approximate surface area is 153 Å². The predicted molar refractivity (Wildman–Crippen MR) is 103 cm³/mol. The van der Waals surface area contributed by atoms with Gasteiger partial charge in [-0.05, 0) is 68.4 Å². The van der Waals surface area contributed by atoms with Crippen LogP contribution < -0.4 is 16.0 Å². The maximum Gasteiger partial charge on any atom is 0.255 e. The Bertz CT molecular complexity index is 838. The summed E-state index contributed by atoms with van der Waals surface area (Å²) < 4.78 is 20.7. The Morgan fingerprint density at radius 2 is 2.04 bits per heavy atom. The number of H-pyrrole nitrogens is 1. The molecule has 1 aromatic carbocycles. The lowest BCUT2D eigenvalue weighted by Crippen LogP contribution is -2.45. The van der Waals surface area contributed by atoms with E-state index < -0.39 is 5.82 Å². The number of fused-ring (bicyclic) bond motifs is 1. The molecule has 0 saturated heterocycles. The summed E-state index contributed by atoms with van der Waals surface area (Å²) in [5.41, 5.74) is 6.96. The van der Waals surface area contributed by atoms with E-state index >= 15 is 0 Å². The highest BCUT2D eigenvalue weighted by atomic mass is 19.1. The number of rotatable bonds is 5. The topological polar surface area (TPSA) is 68.1 Å². The Balaban J connectivity index is 1.82. The average Bonchev–Trinajstić information content (AvgIpc) is 2.66. The van der Waals surface area contributed by atoms with Crippen molar-refractivity contribution in [3.8, 4) is 5.75 Å². The van der Waals surface area contributed by atoms with Gasteiger partial charge in [-0.2, -0.15) is 0 Å². The van der Waals surface area contributed by atoms with Gasteiger partial charge in [0.1, 0.15) is 0 Å². The number of halogens is 1. The Kier molecular flexibility index (Phi) is 5.37. The molecule has 3 N–H and O–H groups in total. The van der Waals surface area contributed by atoms with E-state index in [0.717, 1.165) is 43.9 Å². The fraction of sp³-hybridized carbons (Fsp3) is 0.571. The maximum atomic E-state index is 14.6. The molecule has 1 aromatic heterocycles. The molecule has 1 unspecified atom stereocenters. The Hall–Kier alpha value is -1.88. The van der Waals surface area contributed by atoms with Crippen molar-refractivity contribution in [1.29, 1.82) is 0 Å². The van der Waals surface area contributed by atoms with E-state index in [1.54, 1.807) is 12.3 Å². The van der Waals surface area contributed by atoms with Crippen molar-refractivity contribution in [3.05, 3.63) is 40.1 Å². The first-order chi connectivity index (χ1) is 12.4. The van der Waals surface area contributed by atoms with E-state index in [-0.39, 0.29) is 28.9 Å². The van der Waals surface area contributed by atoms with Crippen molar-refractivity contribution in [2.45, 2.75) is 71.4 Å². The van der Waals surface area contributed by atoms with Crippen LogP contribution in [0.4, 0.5) is 4.39 Å². The summed E-state index contributed by atoms with van der Waals surface area (Å²) in [5.74, 6) is -0.193. The Morgan fingerprint density at radius 3 is 2.65 bits per heavy atom. The number of nitrogens with one attached hydrogen (secondary N) is 1. The van der Waals surface area contributed by atoms with Gasteiger partial charge in [0.05, 0.1) is 11.5 Å². The van der Waals surface area contributed by atoms with E-state index in [1.165, 1.54) is 6.07 Å². The van der Waals surface area contributed by atoms with Crippen LogP contribution >= 0.6 is 0 Å². The minimum absolute atomic E-state index is 0.00798. The van der Waals surface area contributed by atoms with Crippen molar-refractivity contribution in [1.82, 2.24) is 4.98 Å². The van der Waals surface area contributed by atoms with E-state index in [1.807, 2.05) is 6.92 Å². The van der Waals surface area contributed by atoms with E-state index in [9.17, 15) is 9.18 Å². The van der Waals surface area contributed by atoms with Gasteiger partial charge in [0.2, 0.25) is 0 Å². The summed E-state index contributed by atoms with van der Waals surface area (Å²) >= 11 is 0. The summed E-state index contributed by atoms with van der Waals surface area (Å²) in [4.78, 5) is 14.5. The second-order valence-electron chi connectivity index (χ2n) is 7.63. The molecule has 5 heteroatoms. The first kappa shape index (κ1) is 18.9. The van der Waals surface area contributed by atoms with Crippen LogP contribution in [0.25, 0.3) is 10.8 Å². The molecular weight excluding hydrogens is 331 g/mol. The molecule has 0 bridgehead atoms. The zero-order valence-electron chi connectivity index (χ0n) is 15.9. The second kappa shape index (κ2) is 7.39. The van der Waals surface area contributed by atoms with E-state index in [2.05, 4.69) is 18.8 Å². The molecule has 0 spiro atoms. The molecule has 1 aliphatic rings. The summed E-state index contributed by atoms with van der Waals surface area (Å²) in [6, 6.07) is 3.28. The number of aromatic amines is 1. The molecule has 1 saturated carbocycles. The summed E-state index contributed by atoms with van der Waals surface area (Å²) in [5, 5.41) is 1.09. The molecular formula is C21H29FN2O2. The zero-order chi connectivity index (χ0) is 18.9. The first-order valence-electron chi connectivity index (χ1n) is 9.64. The monoisotopic (exact) mass is 360 g/mol. The van der Waals surface area contributed by atoms with Gasteiger partial charge < -0.3 is 15.5 Å². The van der Waals surface area contributed by atoms with E-state index in [0.29, 0.717) is 10.9 Å². The number of hydrogen-bond donors (Lipinski definition) is 2. The molecule has 26 heavy (non-hydrogen) atoms. The molecule has 0 amide bonds. The lowest BCUT2D eigenvalue weighted by molar-refractivity contribution is 0.0545. The van der Waals surface area contributed by atoms with Crippen molar-refractivity contribution in [2.24, 2.45) is 11.1 Å². The summed E-state index contributed by atoms with van der Waals surface area (Å²) in [7, 11) is 0. The molecule has 1 fully saturated rings. The highest BCUT2D eigenvalue weighted by Crippen LogP contribution is 2.44. The van der Waals surface area contributed by atoms with Crippen LogP contribution in [-0.2, 0) is 0 Å². The molecule has 1 aliphatic carbocycles. The van der Waals surface area contributed by atoms with Crippen molar-refractivity contribution in [2.75, 3.05) is 0 Å². The highest BCUT2D eigenvalue weighted by Gasteiger charge is 2.38. The Morgan fingerprint density at radius 1 is 1.35 bits per heavy atom. The number of benzene rings is 1. The molecule has 142 valence electrons. The smallest absolute Gasteiger partial charge is 0.255 e. The van der Waals surface area contributed by atoms with Gasteiger partial charge in [-0.15, -0.1) is 0 Å². The number of aromatic nitrogens is 1. The van der Waals surface area contributed by atoms with Crippen LogP contribution in [0.15, 0.2) is 23.1 Å². The van der Waals surface area contributed by atoms with Gasteiger partial charge in [0.15, 0.2) is 11.6 Å². The third kappa shape index (κ3) is 3.25. The van der Waals surface area contributed by atoms with Crippen LogP contribution in [0.1, 0.15) is 57.9 Å². The number of pyridine rings is 1. The highest BCUT2D eigenvalue weighted by molar-refractivity contribution is 5.86. The first-order valence-corrected chi connectivity index (χ1v) is 9.64. The zero-order valence-corrected chi connectivity index (χ0v) is 15.9. The summed E-state index contributed by atoms with van der Waals surface area (Å²) in [6.45, 7) is 6.16. The van der Waals surface area contributed by atoms with E-state index in [4.69, 9.17) is 10.5 Å². The molecule has 1 heterocycles. The SMILES string of the molecule is CCC(N)[C@]1(CC)CC[C@H](Oc2c(F)cc3c(=O)[nH]ccc3c2C)CC1. The standard InChI is InChI=1S/C21H29FN2O2/c1-4-18(23)21(5-2)9-6-14(7-10-21)26-19-13(3)15-8-11-24-20(25)16(15)12-17(19)22/h8,11-12,14,18H,4-7,9-10,23H2,1-3H3,(H,24,25)/t14-,18?,21+. The number of nitrogens with two attached hydrogens (primary N) is 1. The molecule has 2 aromatic rings. The van der Waals surface area contributed by atoms with Gasteiger partial charge >= 0.3 is 0 Å². The third-order valence-electron chi connectivity index (χ3n) is 6.38. The fourth-order valence-electron chi connectivity index (χ4n) is 4.47. The van der Waals surface area contributed by atoms with Crippen molar-refractivity contribution in [3.63, 3.8) is 0 Å². The van der Waals surface area contributed by atoms with Gasteiger partial charge in [0.25, 0.3) is 5.56 Å². The lowest BCUT2D eigenvalue weighted by atomic mass is 9.66. The molecule has 3 rings (SSSR count). The quantitative estimate of drug-likeness (QED) is 0.829. The number of aryl methyl sites for hydroxylation is 1. The normalized spacial score (nSPS) is 24.6. The molecule has 1 atom stereocenters. The van der Waals surface area contributed by atoms with Gasteiger partial charge in [-0.3, -0.25) is 4.79 Å². The van der Waals surface area contributed by atoms with Gasteiger partial charge in [0, 0.05) is 17.8 Å². The van der Waals surface area contributed by atoms with Crippen LogP contribution in [0.3, 0.4) is 0 Å². The predicted octanol–water partition coefficient (Wildman–Crippen LogP) is 4.43. The van der Waals surface area contributed by atoms with Gasteiger partial charge in [-0.1, -0.05) is 13.8 Å². The lowest BCUT2D eigenvalue weighted by Gasteiger charge is -2.43. The van der Waals surface area contributed by atoms with Crippen LogP contribution in [0, 0.1) is 18.2 Å². The third-order valence-corrected chi connectivity index (χ3v) is 6.38. The van der Waals surface area contributed by atoms with Crippen LogP contribution in [0.2, 0.25) is 0 Å². The molecule has 0 aliphatic heterocycles. The largest absolute Gasteiger partial charge is 0.487 e.